The number of ether oxygens (including phenoxy) is 2. The quantitative estimate of drug-likeness (QED) is 0.140. The molecule has 0 atom stereocenters. The lowest BCUT2D eigenvalue weighted by Crippen LogP contribution is -2.10. The second kappa shape index (κ2) is 16.6. The van der Waals surface area contributed by atoms with Crippen molar-refractivity contribution in [2.24, 2.45) is 0 Å². The highest BCUT2D eigenvalue weighted by molar-refractivity contribution is 5.81. The third-order valence-corrected chi connectivity index (χ3v) is 5.89. The maximum atomic E-state index is 11.1. The van der Waals surface area contributed by atoms with Gasteiger partial charge in [-0.25, -0.2) is 9.59 Å². The molecule has 0 spiro atoms. The van der Waals surface area contributed by atoms with E-state index in [-0.39, 0.29) is 11.9 Å². The largest absolute Gasteiger partial charge is 0.463 e. The standard InChI is InChI=1S/C26H27NO2.C7H12O2/c1-4-26(28)29-18-8-9-22-13-16-24(17-14-22)27(23-10-6-5-7-11-23)25-15-12-20(2)21(3)19-25;1-3-5-6-9-7(8)4-2/h4-7,10-17,19H,1,8-9,18H2,2-3H3;4H,2-3,5-6H2,1H3. The summed E-state index contributed by atoms with van der Waals surface area (Å²) in [7, 11) is 0. The molecule has 0 fully saturated rings. The maximum Gasteiger partial charge on any atom is 0.330 e. The monoisotopic (exact) mass is 513 g/mol. The van der Waals surface area contributed by atoms with E-state index in [4.69, 9.17) is 4.74 Å². The number of esters is 2. The van der Waals surface area contributed by atoms with E-state index in [0.717, 1.165) is 42.7 Å². The van der Waals surface area contributed by atoms with Crippen molar-refractivity contribution in [2.75, 3.05) is 18.1 Å². The van der Waals surface area contributed by atoms with Crippen LogP contribution in [0.5, 0.6) is 0 Å². The Kier molecular flexibility index (Phi) is 13.1. The van der Waals surface area contributed by atoms with Crippen LogP contribution in [0.2, 0.25) is 0 Å². The first kappa shape index (κ1) is 30.1. The van der Waals surface area contributed by atoms with Crippen molar-refractivity contribution in [1.29, 1.82) is 0 Å². The number of carbonyl (C=O) groups is 2. The van der Waals surface area contributed by atoms with Crippen molar-refractivity contribution in [1.82, 2.24) is 0 Å². The van der Waals surface area contributed by atoms with Crippen molar-refractivity contribution in [3.63, 3.8) is 0 Å². The molecule has 3 aromatic carbocycles. The molecule has 0 bridgehead atoms. The number of nitrogens with zero attached hydrogens (tertiary/aromatic N) is 1. The zero-order valence-electron chi connectivity index (χ0n) is 22.8. The van der Waals surface area contributed by atoms with E-state index in [9.17, 15) is 9.59 Å². The summed E-state index contributed by atoms with van der Waals surface area (Å²) in [6.07, 6.45) is 6.00. The van der Waals surface area contributed by atoms with Gasteiger partial charge in [-0.15, -0.1) is 0 Å². The predicted molar refractivity (Wildman–Crippen MR) is 156 cm³/mol. The first-order valence-corrected chi connectivity index (χ1v) is 13.0. The van der Waals surface area contributed by atoms with Gasteiger partial charge in [0.25, 0.3) is 0 Å². The molecule has 0 N–H and O–H groups in total. The summed E-state index contributed by atoms with van der Waals surface area (Å²) in [5.74, 6) is -0.698. The summed E-state index contributed by atoms with van der Waals surface area (Å²) in [5, 5.41) is 0. The zero-order valence-corrected chi connectivity index (χ0v) is 22.8. The maximum absolute atomic E-state index is 11.1. The summed E-state index contributed by atoms with van der Waals surface area (Å²) in [5.41, 5.74) is 7.16. The molecule has 0 aliphatic rings. The smallest absolute Gasteiger partial charge is 0.330 e. The molecular formula is C33H39NO4. The highest BCUT2D eigenvalue weighted by Gasteiger charge is 2.12. The lowest BCUT2D eigenvalue weighted by molar-refractivity contribution is -0.138. The van der Waals surface area contributed by atoms with Gasteiger partial charge in [0.05, 0.1) is 13.2 Å². The van der Waals surface area contributed by atoms with Crippen LogP contribution >= 0.6 is 0 Å². The summed E-state index contributed by atoms with van der Waals surface area (Å²) < 4.78 is 9.72. The molecule has 0 saturated carbocycles. The van der Waals surface area contributed by atoms with Crippen molar-refractivity contribution in [3.05, 3.63) is 115 Å². The minimum absolute atomic E-state index is 0.330. The molecule has 3 aromatic rings. The van der Waals surface area contributed by atoms with E-state index in [1.54, 1.807) is 0 Å². The first-order valence-electron chi connectivity index (χ1n) is 13.0. The van der Waals surface area contributed by atoms with E-state index in [0.29, 0.717) is 13.2 Å². The number of hydrogen-bond acceptors (Lipinski definition) is 5. The molecule has 0 aromatic heterocycles. The number of para-hydroxylation sites is 1. The Labute approximate surface area is 227 Å². The Morgan fingerprint density at radius 3 is 1.84 bits per heavy atom. The van der Waals surface area contributed by atoms with Gasteiger partial charge in [0.2, 0.25) is 0 Å². The van der Waals surface area contributed by atoms with Crippen molar-refractivity contribution >= 4 is 29.0 Å². The number of rotatable bonds is 12. The second-order valence-corrected chi connectivity index (χ2v) is 8.81. The fourth-order valence-corrected chi connectivity index (χ4v) is 3.58. The highest BCUT2D eigenvalue weighted by Crippen LogP contribution is 2.35. The van der Waals surface area contributed by atoms with Crippen LogP contribution in [0.1, 0.15) is 42.9 Å². The molecule has 0 aliphatic heterocycles. The van der Waals surface area contributed by atoms with Crippen LogP contribution in [0.25, 0.3) is 0 Å². The average Bonchev–Trinajstić information content (AvgIpc) is 2.94. The summed E-state index contributed by atoms with van der Waals surface area (Å²) >= 11 is 0. The van der Waals surface area contributed by atoms with Crippen LogP contribution in [0.4, 0.5) is 17.1 Å². The second-order valence-electron chi connectivity index (χ2n) is 8.81. The van der Waals surface area contributed by atoms with Gasteiger partial charge in [-0.1, -0.05) is 62.9 Å². The van der Waals surface area contributed by atoms with Gasteiger partial charge in [-0.2, -0.15) is 0 Å². The third kappa shape index (κ3) is 10.1. The number of aryl methyl sites for hydroxylation is 3. The van der Waals surface area contributed by atoms with Crippen LogP contribution in [0, 0.1) is 13.8 Å². The Morgan fingerprint density at radius 2 is 1.29 bits per heavy atom. The minimum Gasteiger partial charge on any atom is -0.463 e. The number of anilines is 3. The lowest BCUT2D eigenvalue weighted by atomic mass is 10.1. The van der Waals surface area contributed by atoms with Gasteiger partial charge >= 0.3 is 11.9 Å². The molecule has 5 heteroatoms. The van der Waals surface area contributed by atoms with Gasteiger partial charge in [0.15, 0.2) is 0 Å². The summed E-state index contributed by atoms with van der Waals surface area (Å²) in [6, 6.07) is 25.5. The van der Waals surface area contributed by atoms with Crippen molar-refractivity contribution in [2.45, 2.75) is 46.5 Å². The topological polar surface area (TPSA) is 55.8 Å². The average molecular weight is 514 g/mol. The van der Waals surface area contributed by atoms with Crippen molar-refractivity contribution in [3.8, 4) is 0 Å². The van der Waals surface area contributed by atoms with Crippen LogP contribution < -0.4 is 4.90 Å². The molecule has 200 valence electrons. The molecule has 0 aliphatic carbocycles. The Morgan fingerprint density at radius 1 is 0.737 bits per heavy atom. The summed E-state index contributed by atoms with van der Waals surface area (Å²) in [6.45, 7) is 13.9. The fourth-order valence-electron chi connectivity index (χ4n) is 3.58. The number of hydrogen-bond donors (Lipinski definition) is 0. The van der Waals surface area contributed by atoms with Gasteiger partial charge in [-0.05, 0) is 86.2 Å². The fraction of sp³-hybridized carbons (Fsp3) is 0.273. The van der Waals surface area contributed by atoms with E-state index < -0.39 is 0 Å². The number of carbonyl (C=O) groups excluding carboxylic acids is 2. The van der Waals surface area contributed by atoms with Gasteiger partial charge in [0.1, 0.15) is 0 Å². The lowest BCUT2D eigenvalue weighted by Gasteiger charge is -2.26. The summed E-state index contributed by atoms with van der Waals surface area (Å²) in [4.78, 5) is 23.7. The molecule has 0 heterocycles. The molecule has 0 unspecified atom stereocenters. The van der Waals surface area contributed by atoms with Crippen molar-refractivity contribution < 1.29 is 19.1 Å². The van der Waals surface area contributed by atoms with Crippen LogP contribution in [0.3, 0.4) is 0 Å². The molecule has 5 nitrogen and oxygen atoms in total. The minimum atomic E-state index is -0.368. The Balaban J connectivity index is 0.000000484. The molecule has 0 amide bonds. The van der Waals surface area contributed by atoms with Crippen LogP contribution in [0.15, 0.2) is 98.1 Å². The van der Waals surface area contributed by atoms with E-state index >= 15 is 0 Å². The highest BCUT2D eigenvalue weighted by atomic mass is 16.5. The van der Waals surface area contributed by atoms with E-state index in [2.05, 4.69) is 103 Å². The van der Waals surface area contributed by atoms with Crippen LogP contribution in [-0.2, 0) is 25.5 Å². The van der Waals surface area contributed by atoms with Gasteiger partial charge < -0.3 is 14.4 Å². The predicted octanol–water partition coefficient (Wildman–Crippen LogP) is 7.95. The molecule has 0 saturated heterocycles. The number of unbranched alkanes of at least 4 members (excludes halogenated alkanes) is 1. The first-order chi connectivity index (χ1) is 18.4. The Hall–Kier alpha value is -4.12. The molecule has 3 rings (SSSR count). The van der Waals surface area contributed by atoms with Gasteiger partial charge in [-0.3, -0.25) is 0 Å². The van der Waals surface area contributed by atoms with Gasteiger partial charge in [0, 0.05) is 29.2 Å². The number of benzene rings is 3. The third-order valence-electron chi connectivity index (χ3n) is 5.89. The SMILES string of the molecule is C=CC(=O)OCCCC.C=CC(=O)OCCCc1ccc(N(c2ccccc2)c2ccc(C)c(C)c2)cc1. The molecular weight excluding hydrogens is 474 g/mol. The van der Waals surface area contributed by atoms with E-state index in [1.165, 1.54) is 28.8 Å². The molecule has 0 radical (unpaired) electrons. The van der Waals surface area contributed by atoms with Crippen LogP contribution in [-0.4, -0.2) is 25.2 Å². The zero-order chi connectivity index (χ0) is 27.8. The van der Waals surface area contributed by atoms with E-state index in [1.807, 2.05) is 13.0 Å². The molecule has 38 heavy (non-hydrogen) atoms. The normalized spacial score (nSPS) is 9.97. The Bertz CT molecular complexity index is 1170.